The van der Waals surface area contributed by atoms with Gasteiger partial charge in [0.2, 0.25) is 0 Å². The van der Waals surface area contributed by atoms with Gasteiger partial charge in [-0.3, -0.25) is 0 Å². The molecule has 1 aliphatic rings. The minimum Gasteiger partial charge on any atom is -0.488 e. The van der Waals surface area contributed by atoms with Crippen LogP contribution in [-0.2, 0) is 19.4 Å². The van der Waals surface area contributed by atoms with Gasteiger partial charge in [0, 0.05) is 15.3 Å². The highest BCUT2D eigenvalue weighted by atomic mass is 32.1. The Morgan fingerprint density at radius 3 is 2.81 bits per heavy atom. The standard InChI is InChI=1S/C17H19NO2S/c1-2-14-8-9-15(21-14)11-20-13-7-6-12-4-3-5-17(18-19)16(12)10-13/h6-10,19H,2-5,11H2,1H3/b18-17-. The van der Waals surface area contributed by atoms with Crippen LogP contribution in [0.2, 0.25) is 0 Å². The Hall–Kier alpha value is -1.81. The van der Waals surface area contributed by atoms with Crippen molar-refractivity contribution in [3.8, 4) is 5.75 Å². The molecule has 3 nitrogen and oxygen atoms in total. The lowest BCUT2D eigenvalue weighted by atomic mass is 9.90. The van der Waals surface area contributed by atoms with E-state index in [-0.39, 0.29) is 0 Å². The monoisotopic (exact) mass is 301 g/mol. The molecule has 110 valence electrons. The van der Waals surface area contributed by atoms with E-state index in [0.717, 1.165) is 42.7 Å². The first kappa shape index (κ1) is 14.1. The van der Waals surface area contributed by atoms with Crippen molar-refractivity contribution < 1.29 is 9.94 Å². The normalized spacial score (nSPS) is 16.0. The Balaban J connectivity index is 1.74. The molecule has 0 bridgehead atoms. The van der Waals surface area contributed by atoms with Crippen LogP contribution in [0.3, 0.4) is 0 Å². The Labute approximate surface area is 128 Å². The Kier molecular flexibility index (Phi) is 4.25. The Bertz CT molecular complexity index is 661. The zero-order valence-corrected chi connectivity index (χ0v) is 12.9. The van der Waals surface area contributed by atoms with Gasteiger partial charge in [-0.1, -0.05) is 18.1 Å². The van der Waals surface area contributed by atoms with E-state index in [2.05, 4.69) is 30.3 Å². The first-order valence-corrected chi connectivity index (χ1v) is 8.16. The van der Waals surface area contributed by atoms with Crippen molar-refractivity contribution in [2.75, 3.05) is 0 Å². The van der Waals surface area contributed by atoms with Gasteiger partial charge in [-0.25, -0.2) is 0 Å². The summed E-state index contributed by atoms with van der Waals surface area (Å²) >= 11 is 1.80. The number of thiophene rings is 1. The first-order chi connectivity index (χ1) is 10.3. The summed E-state index contributed by atoms with van der Waals surface area (Å²) in [5.41, 5.74) is 3.04. The van der Waals surface area contributed by atoms with Gasteiger partial charge in [-0.05, 0) is 55.5 Å². The van der Waals surface area contributed by atoms with Crippen LogP contribution in [0.1, 0.15) is 40.6 Å². The van der Waals surface area contributed by atoms with E-state index >= 15 is 0 Å². The lowest BCUT2D eigenvalue weighted by Gasteiger charge is -2.17. The second kappa shape index (κ2) is 6.31. The zero-order chi connectivity index (χ0) is 14.7. The summed E-state index contributed by atoms with van der Waals surface area (Å²) in [7, 11) is 0. The van der Waals surface area contributed by atoms with Crippen LogP contribution in [0, 0.1) is 0 Å². The van der Waals surface area contributed by atoms with Gasteiger partial charge >= 0.3 is 0 Å². The van der Waals surface area contributed by atoms with Crippen LogP contribution in [0.15, 0.2) is 35.5 Å². The molecule has 0 fully saturated rings. The molecule has 1 heterocycles. The van der Waals surface area contributed by atoms with Crippen LogP contribution in [0.5, 0.6) is 5.75 Å². The maximum Gasteiger partial charge on any atom is 0.122 e. The molecule has 0 spiro atoms. The second-order valence-electron chi connectivity index (χ2n) is 5.23. The number of hydrogen-bond donors (Lipinski definition) is 1. The fourth-order valence-electron chi connectivity index (χ4n) is 2.66. The van der Waals surface area contributed by atoms with Crippen LogP contribution >= 0.6 is 11.3 Å². The van der Waals surface area contributed by atoms with Gasteiger partial charge in [0.1, 0.15) is 12.4 Å². The van der Waals surface area contributed by atoms with Crippen molar-refractivity contribution in [2.45, 2.75) is 39.2 Å². The number of rotatable bonds is 4. The average molecular weight is 301 g/mol. The maximum absolute atomic E-state index is 9.12. The number of oxime groups is 1. The lowest BCUT2D eigenvalue weighted by Crippen LogP contribution is -2.12. The van der Waals surface area contributed by atoms with Crippen LogP contribution < -0.4 is 4.74 Å². The lowest BCUT2D eigenvalue weighted by molar-refractivity contribution is 0.309. The van der Waals surface area contributed by atoms with Gasteiger partial charge < -0.3 is 9.94 Å². The molecule has 1 aliphatic carbocycles. The minimum absolute atomic E-state index is 0.592. The van der Waals surface area contributed by atoms with Crippen molar-refractivity contribution >= 4 is 17.0 Å². The predicted octanol–water partition coefficient (Wildman–Crippen LogP) is 4.40. The van der Waals surface area contributed by atoms with Crippen LogP contribution in [0.4, 0.5) is 0 Å². The average Bonchev–Trinajstić information content (AvgIpc) is 3.00. The highest BCUT2D eigenvalue weighted by Crippen LogP contribution is 2.27. The summed E-state index contributed by atoms with van der Waals surface area (Å²) in [4.78, 5) is 2.62. The highest BCUT2D eigenvalue weighted by Gasteiger charge is 2.16. The number of aryl methyl sites for hydroxylation is 2. The molecule has 0 atom stereocenters. The van der Waals surface area contributed by atoms with Crippen molar-refractivity contribution in [2.24, 2.45) is 5.16 Å². The molecule has 0 amide bonds. The van der Waals surface area contributed by atoms with Gasteiger partial charge in [0.25, 0.3) is 0 Å². The zero-order valence-electron chi connectivity index (χ0n) is 12.1. The molecule has 1 aromatic heterocycles. The highest BCUT2D eigenvalue weighted by molar-refractivity contribution is 7.11. The number of ether oxygens (including phenoxy) is 1. The van der Waals surface area contributed by atoms with Gasteiger partial charge in [0.05, 0.1) is 5.71 Å². The number of hydrogen-bond acceptors (Lipinski definition) is 4. The predicted molar refractivity (Wildman–Crippen MR) is 85.7 cm³/mol. The topological polar surface area (TPSA) is 41.8 Å². The molecule has 3 rings (SSSR count). The molecular formula is C17H19NO2S. The third kappa shape index (κ3) is 3.10. The molecule has 1 aromatic carbocycles. The largest absolute Gasteiger partial charge is 0.488 e. The van der Waals surface area contributed by atoms with E-state index in [1.807, 2.05) is 12.1 Å². The summed E-state index contributed by atoms with van der Waals surface area (Å²) in [6.07, 6.45) is 3.98. The molecule has 0 radical (unpaired) electrons. The summed E-state index contributed by atoms with van der Waals surface area (Å²) in [6, 6.07) is 10.4. The van der Waals surface area contributed by atoms with Gasteiger partial charge in [0.15, 0.2) is 0 Å². The summed E-state index contributed by atoms with van der Waals surface area (Å²) in [6.45, 7) is 2.75. The van der Waals surface area contributed by atoms with Crippen LogP contribution in [0.25, 0.3) is 0 Å². The molecule has 0 saturated carbocycles. The summed E-state index contributed by atoms with van der Waals surface area (Å²) < 4.78 is 5.88. The van der Waals surface area contributed by atoms with E-state index in [9.17, 15) is 0 Å². The SMILES string of the molecule is CCc1ccc(COc2ccc3c(c2)/C(=N\O)CCC3)s1. The molecule has 0 saturated heterocycles. The van der Waals surface area contributed by atoms with E-state index < -0.39 is 0 Å². The Morgan fingerprint density at radius 2 is 2.05 bits per heavy atom. The van der Waals surface area contributed by atoms with E-state index in [4.69, 9.17) is 9.94 Å². The quantitative estimate of drug-likeness (QED) is 0.671. The molecule has 0 aliphatic heterocycles. The fourth-order valence-corrected chi connectivity index (χ4v) is 3.53. The van der Waals surface area contributed by atoms with E-state index in [1.54, 1.807) is 11.3 Å². The van der Waals surface area contributed by atoms with Gasteiger partial charge in [-0.15, -0.1) is 11.3 Å². The molecule has 1 N–H and O–H groups in total. The summed E-state index contributed by atoms with van der Waals surface area (Å²) in [5, 5.41) is 12.5. The molecule has 0 unspecified atom stereocenters. The minimum atomic E-state index is 0.592. The van der Waals surface area contributed by atoms with Crippen molar-refractivity contribution in [3.63, 3.8) is 0 Å². The van der Waals surface area contributed by atoms with E-state index in [1.165, 1.54) is 15.3 Å². The third-order valence-corrected chi connectivity index (χ3v) is 5.02. The molecule has 4 heteroatoms. The first-order valence-electron chi connectivity index (χ1n) is 7.34. The Morgan fingerprint density at radius 1 is 1.19 bits per heavy atom. The number of fused-ring (bicyclic) bond motifs is 1. The molecule has 2 aromatic rings. The second-order valence-corrected chi connectivity index (χ2v) is 6.48. The number of benzene rings is 1. The third-order valence-electron chi connectivity index (χ3n) is 3.82. The molecule has 21 heavy (non-hydrogen) atoms. The van der Waals surface area contributed by atoms with Gasteiger partial charge in [-0.2, -0.15) is 0 Å². The number of nitrogens with zero attached hydrogens (tertiary/aromatic N) is 1. The smallest absolute Gasteiger partial charge is 0.122 e. The maximum atomic E-state index is 9.12. The fraction of sp³-hybridized carbons (Fsp3) is 0.353. The van der Waals surface area contributed by atoms with E-state index in [0.29, 0.717) is 6.61 Å². The summed E-state index contributed by atoms with van der Waals surface area (Å²) in [5.74, 6) is 0.836. The van der Waals surface area contributed by atoms with Crippen molar-refractivity contribution in [3.05, 3.63) is 51.2 Å². The van der Waals surface area contributed by atoms with Crippen molar-refractivity contribution in [1.29, 1.82) is 0 Å². The van der Waals surface area contributed by atoms with Crippen LogP contribution in [-0.4, -0.2) is 10.9 Å². The molecular weight excluding hydrogens is 282 g/mol. The van der Waals surface area contributed by atoms with Crippen molar-refractivity contribution in [1.82, 2.24) is 0 Å².